The van der Waals surface area contributed by atoms with Crippen LogP contribution in [0.5, 0.6) is 0 Å². The van der Waals surface area contributed by atoms with Crippen LogP contribution in [0.25, 0.3) is 0 Å². The molecule has 0 aromatic heterocycles. The van der Waals surface area contributed by atoms with Crippen molar-refractivity contribution in [3.8, 4) is 0 Å². The van der Waals surface area contributed by atoms with Gasteiger partial charge in [-0.3, -0.25) is 14.4 Å². The molecule has 0 aliphatic heterocycles. The molecule has 0 amide bonds. The number of allylic oxidation sites excluding steroid dienone is 18. The highest BCUT2D eigenvalue weighted by Crippen LogP contribution is 2.14. The van der Waals surface area contributed by atoms with Crippen molar-refractivity contribution in [1.29, 1.82) is 0 Å². The van der Waals surface area contributed by atoms with Gasteiger partial charge in [-0.1, -0.05) is 252 Å². The Labute approximate surface area is 450 Å². The Morgan fingerprint density at radius 1 is 0.274 bits per heavy atom. The van der Waals surface area contributed by atoms with E-state index < -0.39 is 12.1 Å². The molecule has 0 rings (SSSR count). The Morgan fingerprint density at radius 2 is 0.534 bits per heavy atom. The number of hydrogen-bond donors (Lipinski definition) is 0. The zero-order valence-corrected chi connectivity index (χ0v) is 47.6. The molecule has 6 nitrogen and oxygen atoms in total. The molecule has 0 aliphatic rings. The lowest BCUT2D eigenvalue weighted by atomic mass is 10.1. The number of esters is 3. The molecule has 0 saturated heterocycles. The van der Waals surface area contributed by atoms with Crippen molar-refractivity contribution >= 4 is 17.9 Å². The minimum Gasteiger partial charge on any atom is -0.462 e. The summed E-state index contributed by atoms with van der Waals surface area (Å²) in [5, 5.41) is 0. The van der Waals surface area contributed by atoms with E-state index in [-0.39, 0.29) is 38.0 Å². The molecule has 0 spiro atoms. The molecule has 416 valence electrons. The maximum atomic E-state index is 12.8. The minimum atomic E-state index is -0.841. The van der Waals surface area contributed by atoms with E-state index in [1.165, 1.54) is 161 Å². The summed E-state index contributed by atoms with van der Waals surface area (Å²) in [7, 11) is 0. The van der Waals surface area contributed by atoms with Crippen LogP contribution in [0.2, 0.25) is 0 Å². The molecule has 0 aromatic rings. The van der Waals surface area contributed by atoms with Crippen LogP contribution >= 0.6 is 0 Å². The Morgan fingerprint density at radius 3 is 0.918 bits per heavy atom. The first kappa shape index (κ1) is 69.1. The van der Waals surface area contributed by atoms with Crippen LogP contribution in [-0.2, 0) is 28.6 Å². The van der Waals surface area contributed by atoms with Gasteiger partial charge in [-0.15, -0.1) is 0 Å². The van der Waals surface area contributed by atoms with E-state index in [2.05, 4.69) is 124 Å². The van der Waals surface area contributed by atoms with Gasteiger partial charge in [-0.2, -0.15) is 0 Å². The van der Waals surface area contributed by atoms with Crippen LogP contribution < -0.4 is 0 Å². The highest BCUT2D eigenvalue weighted by Gasteiger charge is 2.19. The van der Waals surface area contributed by atoms with Crippen molar-refractivity contribution in [2.45, 2.75) is 284 Å². The van der Waals surface area contributed by atoms with E-state index in [0.717, 1.165) is 64.2 Å². The molecule has 73 heavy (non-hydrogen) atoms. The second kappa shape index (κ2) is 60.6. The van der Waals surface area contributed by atoms with Gasteiger partial charge in [0.15, 0.2) is 6.10 Å². The zero-order chi connectivity index (χ0) is 52.9. The van der Waals surface area contributed by atoms with E-state index in [0.29, 0.717) is 19.3 Å². The number of rotatable bonds is 54. The summed E-state index contributed by atoms with van der Waals surface area (Å²) in [6, 6.07) is 0. The molecule has 6 heteroatoms. The van der Waals surface area contributed by atoms with Gasteiger partial charge >= 0.3 is 17.9 Å². The van der Waals surface area contributed by atoms with Crippen molar-refractivity contribution in [1.82, 2.24) is 0 Å². The summed E-state index contributed by atoms with van der Waals surface area (Å²) in [6.45, 7) is 6.51. The fourth-order valence-corrected chi connectivity index (χ4v) is 8.14. The summed E-state index contributed by atoms with van der Waals surface area (Å²) >= 11 is 0. The summed E-state index contributed by atoms with van der Waals surface area (Å²) < 4.78 is 16.8. The van der Waals surface area contributed by atoms with Gasteiger partial charge in [-0.05, 0) is 116 Å². The average molecular weight is 1010 g/mol. The molecule has 1 atom stereocenters. The largest absolute Gasteiger partial charge is 0.462 e. The van der Waals surface area contributed by atoms with Gasteiger partial charge in [0, 0.05) is 19.3 Å². The lowest BCUT2D eigenvalue weighted by Crippen LogP contribution is -2.30. The third-order valence-corrected chi connectivity index (χ3v) is 12.7. The fraction of sp³-hybridized carbons (Fsp3) is 0.687. The quantitative estimate of drug-likeness (QED) is 0.0261. The van der Waals surface area contributed by atoms with Crippen LogP contribution in [0, 0.1) is 0 Å². The SMILES string of the molecule is CCCCC/C=C\C/C=C\C/C=C\C/C=C\C/C=C\CCC(=O)O[C@@H](COC(=O)CCC/C=C\C/C=C\C/C=C\CCCCCCCC)COC(=O)CCCCCCCCCCC/C=C\CCCCCCCC. The van der Waals surface area contributed by atoms with Crippen molar-refractivity contribution in [3.63, 3.8) is 0 Å². The zero-order valence-electron chi connectivity index (χ0n) is 47.6. The minimum absolute atomic E-state index is 0.125. The van der Waals surface area contributed by atoms with Gasteiger partial charge in [0.2, 0.25) is 0 Å². The molecule has 0 bridgehead atoms. The number of ether oxygens (including phenoxy) is 3. The van der Waals surface area contributed by atoms with Gasteiger partial charge < -0.3 is 14.2 Å². The normalized spacial score (nSPS) is 12.9. The molecule has 0 saturated carbocycles. The molecule has 0 heterocycles. The summed E-state index contributed by atoms with van der Waals surface area (Å²) in [4.78, 5) is 38.2. The third-order valence-electron chi connectivity index (χ3n) is 12.7. The molecular formula is C67H112O6. The topological polar surface area (TPSA) is 78.9 Å². The number of carbonyl (C=O) groups excluding carboxylic acids is 3. The second-order valence-corrected chi connectivity index (χ2v) is 19.9. The molecule has 0 N–H and O–H groups in total. The van der Waals surface area contributed by atoms with Crippen LogP contribution in [0.4, 0.5) is 0 Å². The predicted molar refractivity (Wildman–Crippen MR) is 316 cm³/mol. The maximum Gasteiger partial charge on any atom is 0.306 e. The standard InChI is InChI=1S/C67H112O6/c1-4-7-10-13-16-19-22-25-28-31-33-36-39-42-45-48-51-54-57-60-66(69)72-63-64(62-71-65(68)59-56-53-50-47-44-41-38-35-30-27-24-21-18-15-12-9-6-3)73-67(70)61-58-55-52-49-46-43-40-37-34-32-29-26-23-20-17-14-11-8-5-2/h17,20,25-30,34,37-38,41,43,46-47,50,52,55,64H,4-16,18-19,21-24,31-33,35-36,39-40,42,44-45,48-49,51,53-54,56-63H2,1-3H3/b20-17-,28-25-,29-26-,30-27-,37-34-,41-38-,46-43-,50-47-,55-52-/t64-/m0/s1. The van der Waals surface area contributed by atoms with Crippen molar-refractivity contribution in [2.24, 2.45) is 0 Å². The van der Waals surface area contributed by atoms with Gasteiger partial charge in [0.05, 0.1) is 0 Å². The van der Waals surface area contributed by atoms with E-state index in [1.54, 1.807) is 0 Å². The number of unbranched alkanes of at least 4 members (excludes halogenated alkanes) is 25. The van der Waals surface area contributed by atoms with Gasteiger partial charge in [0.1, 0.15) is 13.2 Å². The predicted octanol–water partition coefficient (Wildman–Crippen LogP) is 20.7. The summed E-state index contributed by atoms with van der Waals surface area (Å²) in [5.74, 6) is -1.06. The highest BCUT2D eigenvalue weighted by atomic mass is 16.6. The van der Waals surface area contributed by atoms with Crippen LogP contribution in [-0.4, -0.2) is 37.2 Å². The molecule has 0 unspecified atom stereocenters. The molecule has 0 fully saturated rings. The van der Waals surface area contributed by atoms with Crippen LogP contribution in [0.1, 0.15) is 278 Å². The van der Waals surface area contributed by atoms with Gasteiger partial charge in [0.25, 0.3) is 0 Å². The molecule has 0 aliphatic carbocycles. The Kier molecular flexibility index (Phi) is 57.4. The van der Waals surface area contributed by atoms with Crippen molar-refractivity contribution in [3.05, 3.63) is 109 Å². The van der Waals surface area contributed by atoms with Crippen molar-refractivity contribution < 1.29 is 28.6 Å². The van der Waals surface area contributed by atoms with E-state index in [1.807, 2.05) is 6.08 Å². The van der Waals surface area contributed by atoms with Gasteiger partial charge in [-0.25, -0.2) is 0 Å². The smallest absolute Gasteiger partial charge is 0.306 e. The first-order valence-electron chi connectivity index (χ1n) is 30.4. The number of carbonyl (C=O) groups is 3. The summed E-state index contributed by atoms with van der Waals surface area (Å²) in [5.41, 5.74) is 0. The van der Waals surface area contributed by atoms with E-state index in [4.69, 9.17) is 14.2 Å². The van der Waals surface area contributed by atoms with Crippen LogP contribution in [0.3, 0.4) is 0 Å². The molecular weight excluding hydrogens is 901 g/mol. The first-order valence-corrected chi connectivity index (χ1v) is 30.4. The van der Waals surface area contributed by atoms with Crippen molar-refractivity contribution in [2.75, 3.05) is 13.2 Å². The third kappa shape index (κ3) is 58.8. The Hall–Kier alpha value is -3.93. The maximum absolute atomic E-state index is 12.8. The monoisotopic (exact) mass is 1010 g/mol. The van der Waals surface area contributed by atoms with Crippen LogP contribution in [0.15, 0.2) is 109 Å². The summed E-state index contributed by atoms with van der Waals surface area (Å²) in [6.07, 6.45) is 82.4. The lowest BCUT2D eigenvalue weighted by molar-refractivity contribution is -0.166. The fourth-order valence-electron chi connectivity index (χ4n) is 8.14. The Bertz CT molecular complexity index is 1490. The molecule has 0 aromatic carbocycles. The lowest BCUT2D eigenvalue weighted by Gasteiger charge is -2.18. The average Bonchev–Trinajstić information content (AvgIpc) is 3.39. The first-order chi connectivity index (χ1) is 36.0. The van der Waals surface area contributed by atoms with E-state index >= 15 is 0 Å². The highest BCUT2D eigenvalue weighted by molar-refractivity contribution is 5.71. The molecule has 0 radical (unpaired) electrons. The Balaban J connectivity index is 4.56. The number of hydrogen-bond acceptors (Lipinski definition) is 6. The second-order valence-electron chi connectivity index (χ2n) is 19.9. The van der Waals surface area contributed by atoms with E-state index in [9.17, 15) is 14.4 Å².